The summed E-state index contributed by atoms with van der Waals surface area (Å²) in [6, 6.07) is 0. The van der Waals surface area contributed by atoms with Crippen LogP contribution in [0.5, 0.6) is 0 Å². The Bertz CT molecular complexity index is 437. The van der Waals surface area contributed by atoms with Crippen LogP contribution < -0.4 is 5.32 Å². The van der Waals surface area contributed by atoms with Gasteiger partial charge in [0, 0.05) is 6.26 Å². The van der Waals surface area contributed by atoms with E-state index in [1.807, 2.05) is 0 Å². The molecule has 0 saturated heterocycles. The van der Waals surface area contributed by atoms with E-state index in [-0.39, 0.29) is 6.54 Å². The fourth-order valence-electron chi connectivity index (χ4n) is 2.45. The Balaban J connectivity index is 3.13. The van der Waals surface area contributed by atoms with Crippen LogP contribution in [0, 0.1) is 12.3 Å². The number of carbonyl (C=O) groups excluding carboxylic acids is 1. The van der Waals surface area contributed by atoms with Crippen LogP contribution >= 0.6 is 0 Å². The minimum atomic E-state index is -3.33. The molecule has 96 valence electrons. The molecule has 6 heteroatoms. The third-order valence-electron chi connectivity index (χ3n) is 3.16. The molecule has 17 heavy (non-hydrogen) atoms. The number of hydrogen-bond acceptors (Lipinski definition) is 5. The summed E-state index contributed by atoms with van der Waals surface area (Å²) in [6.07, 6.45) is 7.82. The van der Waals surface area contributed by atoms with E-state index in [1.54, 1.807) is 0 Å². The van der Waals surface area contributed by atoms with E-state index in [2.05, 4.69) is 11.2 Å². The predicted molar refractivity (Wildman–Crippen MR) is 64.1 cm³/mol. The van der Waals surface area contributed by atoms with Gasteiger partial charge in [-0.3, -0.25) is 10.1 Å². The summed E-state index contributed by atoms with van der Waals surface area (Å²) < 4.78 is 28.2. The molecule has 1 N–H and O–H groups in total. The van der Waals surface area contributed by atoms with Gasteiger partial charge in [-0.15, -0.1) is 6.42 Å². The van der Waals surface area contributed by atoms with Crippen molar-refractivity contribution in [1.29, 1.82) is 0 Å². The highest BCUT2D eigenvalue weighted by molar-refractivity contribution is 7.91. The van der Waals surface area contributed by atoms with E-state index < -0.39 is 26.6 Å². The van der Waals surface area contributed by atoms with Gasteiger partial charge < -0.3 is 4.74 Å². The van der Waals surface area contributed by atoms with Gasteiger partial charge >= 0.3 is 5.97 Å². The molecule has 0 spiro atoms. The average Bonchev–Trinajstić information content (AvgIpc) is 2.70. The van der Waals surface area contributed by atoms with Gasteiger partial charge in [0.2, 0.25) is 0 Å². The molecule has 1 aliphatic rings. The van der Waals surface area contributed by atoms with Gasteiger partial charge in [0.25, 0.3) is 0 Å². The molecule has 5 nitrogen and oxygen atoms in total. The summed E-state index contributed by atoms with van der Waals surface area (Å²) in [4.78, 5) is 11.9. The Morgan fingerprint density at radius 3 is 2.76 bits per heavy atom. The fraction of sp³-hybridized carbons (Fsp3) is 0.727. The minimum absolute atomic E-state index is 0.140. The molecule has 1 aliphatic carbocycles. The van der Waals surface area contributed by atoms with Crippen molar-refractivity contribution < 1.29 is 17.9 Å². The molecular formula is C11H17NO4S. The first-order valence-electron chi connectivity index (χ1n) is 5.34. The number of hydrogen-bond donors (Lipinski definition) is 1. The van der Waals surface area contributed by atoms with Crippen molar-refractivity contribution in [3.05, 3.63) is 0 Å². The minimum Gasteiger partial charge on any atom is -0.468 e. The second-order valence-corrected chi connectivity index (χ2v) is 6.46. The molecule has 0 aromatic rings. The molecule has 0 aromatic carbocycles. The van der Waals surface area contributed by atoms with E-state index in [1.165, 1.54) is 7.11 Å². The Morgan fingerprint density at radius 1 is 1.65 bits per heavy atom. The zero-order chi connectivity index (χ0) is 13.1. The van der Waals surface area contributed by atoms with Crippen LogP contribution in [0.25, 0.3) is 0 Å². The van der Waals surface area contributed by atoms with Crippen molar-refractivity contribution in [3.63, 3.8) is 0 Å². The molecule has 0 aromatic heterocycles. The maximum atomic E-state index is 11.9. The number of nitrogens with one attached hydrogen (secondary N) is 1. The van der Waals surface area contributed by atoms with Crippen LogP contribution in [0.1, 0.15) is 19.3 Å². The molecule has 0 amide bonds. The van der Waals surface area contributed by atoms with Crippen LogP contribution in [0.15, 0.2) is 0 Å². The number of rotatable bonds is 4. The molecule has 0 bridgehead atoms. The lowest BCUT2D eigenvalue weighted by atomic mass is 9.97. The largest absolute Gasteiger partial charge is 0.468 e. The fourth-order valence-corrected chi connectivity index (χ4v) is 4.08. The Labute approximate surface area is 102 Å². The van der Waals surface area contributed by atoms with Crippen molar-refractivity contribution >= 4 is 15.8 Å². The predicted octanol–water partition coefficient (Wildman–Crippen LogP) is -0.282. The third kappa shape index (κ3) is 2.61. The first kappa shape index (κ1) is 14.0. The van der Waals surface area contributed by atoms with E-state index in [9.17, 15) is 13.2 Å². The average molecular weight is 259 g/mol. The van der Waals surface area contributed by atoms with Gasteiger partial charge in [0.1, 0.15) is 5.54 Å². The zero-order valence-electron chi connectivity index (χ0n) is 10.0. The van der Waals surface area contributed by atoms with Gasteiger partial charge in [-0.2, -0.15) is 0 Å². The standard InChI is InChI=1S/C11H17NO4S/c1-4-8-12-11(10(13)16-2)7-5-6-9(11)17(3,14)15/h1,9,12H,5-8H2,2-3H3. The van der Waals surface area contributed by atoms with Crippen LogP contribution in [0.2, 0.25) is 0 Å². The molecule has 0 radical (unpaired) electrons. The van der Waals surface area contributed by atoms with Crippen LogP contribution in [-0.2, 0) is 19.4 Å². The maximum Gasteiger partial charge on any atom is 0.327 e. The highest BCUT2D eigenvalue weighted by Crippen LogP contribution is 2.35. The van der Waals surface area contributed by atoms with E-state index in [0.29, 0.717) is 19.3 Å². The lowest BCUT2D eigenvalue weighted by Crippen LogP contribution is -2.60. The van der Waals surface area contributed by atoms with Crippen molar-refractivity contribution in [2.24, 2.45) is 0 Å². The topological polar surface area (TPSA) is 72.5 Å². The SMILES string of the molecule is C#CCNC1(C(=O)OC)CCCC1S(C)(=O)=O. The van der Waals surface area contributed by atoms with Crippen LogP contribution in [-0.4, -0.2) is 45.1 Å². The normalized spacial score (nSPS) is 28.6. The third-order valence-corrected chi connectivity index (χ3v) is 4.83. The number of methoxy groups -OCH3 is 1. The summed E-state index contributed by atoms with van der Waals surface area (Å²) in [6.45, 7) is 0.140. The van der Waals surface area contributed by atoms with Gasteiger partial charge in [-0.25, -0.2) is 8.42 Å². The second-order valence-electron chi connectivity index (χ2n) is 4.23. The first-order valence-corrected chi connectivity index (χ1v) is 7.29. The van der Waals surface area contributed by atoms with Gasteiger partial charge in [0.15, 0.2) is 9.84 Å². The van der Waals surface area contributed by atoms with Crippen molar-refractivity contribution in [2.75, 3.05) is 19.9 Å². The number of terminal acetylenes is 1. The molecule has 0 aliphatic heterocycles. The van der Waals surface area contributed by atoms with Gasteiger partial charge in [0.05, 0.1) is 18.9 Å². The Kier molecular flexibility index (Phi) is 4.17. The quantitative estimate of drug-likeness (QED) is 0.555. The number of carbonyl (C=O) groups is 1. The molecule has 2 atom stereocenters. The van der Waals surface area contributed by atoms with Crippen LogP contribution in [0.4, 0.5) is 0 Å². The molecular weight excluding hydrogens is 242 g/mol. The van der Waals surface area contributed by atoms with Crippen LogP contribution in [0.3, 0.4) is 0 Å². The summed E-state index contributed by atoms with van der Waals surface area (Å²) >= 11 is 0. The van der Waals surface area contributed by atoms with Gasteiger partial charge in [-0.05, 0) is 19.3 Å². The molecule has 1 saturated carbocycles. The number of sulfone groups is 1. The maximum absolute atomic E-state index is 11.9. The van der Waals surface area contributed by atoms with Crippen molar-refractivity contribution in [2.45, 2.75) is 30.1 Å². The molecule has 1 rings (SSSR count). The lowest BCUT2D eigenvalue weighted by molar-refractivity contribution is -0.148. The number of esters is 1. The molecule has 2 unspecified atom stereocenters. The second kappa shape index (κ2) is 5.07. The Morgan fingerprint density at radius 2 is 2.29 bits per heavy atom. The van der Waals surface area contributed by atoms with Gasteiger partial charge in [-0.1, -0.05) is 5.92 Å². The Hall–Kier alpha value is -1.06. The molecule has 1 fully saturated rings. The summed E-state index contributed by atoms with van der Waals surface area (Å²) in [5.41, 5.74) is -1.19. The van der Waals surface area contributed by atoms with E-state index in [0.717, 1.165) is 6.26 Å². The zero-order valence-corrected chi connectivity index (χ0v) is 10.8. The molecule has 0 heterocycles. The highest BCUT2D eigenvalue weighted by Gasteiger charge is 2.54. The van der Waals surface area contributed by atoms with Crippen molar-refractivity contribution in [3.8, 4) is 12.3 Å². The van der Waals surface area contributed by atoms with E-state index >= 15 is 0 Å². The highest BCUT2D eigenvalue weighted by atomic mass is 32.2. The van der Waals surface area contributed by atoms with E-state index in [4.69, 9.17) is 11.2 Å². The summed E-state index contributed by atoms with van der Waals surface area (Å²) in [5, 5.41) is 2.09. The summed E-state index contributed by atoms with van der Waals surface area (Å²) in [7, 11) is -2.08. The van der Waals surface area contributed by atoms with Crippen molar-refractivity contribution in [1.82, 2.24) is 5.32 Å². The first-order chi connectivity index (χ1) is 7.88. The monoisotopic (exact) mass is 259 g/mol. The smallest absolute Gasteiger partial charge is 0.327 e. The summed E-state index contributed by atoms with van der Waals surface area (Å²) in [5.74, 6) is 1.80. The number of ether oxygens (including phenoxy) is 1. The lowest BCUT2D eigenvalue weighted by Gasteiger charge is -2.32.